The fourth-order valence-electron chi connectivity index (χ4n) is 4.00. The molecule has 1 saturated carbocycles. The van der Waals surface area contributed by atoms with Crippen LogP contribution in [0.25, 0.3) is 0 Å². The standard InChI is InChI=1S/C24H33NO5S2/c1-28-24(26)22(25-32(27)30-23-11-7-17-31-23)18-20-12-14-21(15-13-20)29-16-6-5-10-19-8-3-2-4-9-19/h7,11-15,17,19,22,25H,2-6,8-10,16,18H2,1H3. The Hall–Kier alpha value is -1.90. The van der Waals surface area contributed by atoms with Gasteiger partial charge in [0.2, 0.25) is 0 Å². The predicted molar refractivity (Wildman–Crippen MR) is 128 cm³/mol. The Balaban J connectivity index is 1.41. The minimum atomic E-state index is -1.85. The molecule has 1 heterocycles. The Bertz CT molecular complexity index is 819. The zero-order chi connectivity index (χ0) is 22.6. The van der Waals surface area contributed by atoms with E-state index in [0.29, 0.717) is 11.5 Å². The van der Waals surface area contributed by atoms with Gasteiger partial charge in [0.1, 0.15) is 11.8 Å². The van der Waals surface area contributed by atoms with Crippen molar-refractivity contribution in [1.82, 2.24) is 4.72 Å². The van der Waals surface area contributed by atoms with Crippen LogP contribution < -0.4 is 13.6 Å². The molecule has 1 aliphatic rings. The molecule has 1 aromatic carbocycles. The van der Waals surface area contributed by atoms with Gasteiger partial charge in [0, 0.05) is 0 Å². The average Bonchev–Trinajstić information content (AvgIpc) is 3.32. The molecule has 8 heteroatoms. The molecule has 176 valence electrons. The maximum Gasteiger partial charge on any atom is 0.324 e. The highest BCUT2D eigenvalue weighted by Crippen LogP contribution is 2.27. The number of esters is 1. The van der Waals surface area contributed by atoms with E-state index in [1.807, 2.05) is 29.6 Å². The van der Waals surface area contributed by atoms with Crippen molar-refractivity contribution >= 4 is 28.6 Å². The van der Waals surface area contributed by atoms with E-state index < -0.39 is 23.3 Å². The van der Waals surface area contributed by atoms with Crippen molar-refractivity contribution in [2.75, 3.05) is 13.7 Å². The number of nitrogens with one attached hydrogen (secondary N) is 1. The Morgan fingerprint density at radius 2 is 1.94 bits per heavy atom. The summed E-state index contributed by atoms with van der Waals surface area (Å²) in [6, 6.07) is 10.4. The molecule has 1 aromatic heterocycles. The van der Waals surface area contributed by atoms with Crippen LogP contribution in [0.1, 0.15) is 56.9 Å². The second kappa shape index (κ2) is 13.6. The molecular weight excluding hydrogens is 446 g/mol. The van der Waals surface area contributed by atoms with Crippen molar-refractivity contribution in [3.8, 4) is 10.8 Å². The summed E-state index contributed by atoms with van der Waals surface area (Å²) in [5.41, 5.74) is 0.908. The molecule has 2 unspecified atom stereocenters. The number of benzene rings is 1. The summed E-state index contributed by atoms with van der Waals surface area (Å²) in [6.45, 7) is 0.720. The third-order valence-electron chi connectivity index (χ3n) is 5.74. The topological polar surface area (TPSA) is 73.9 Å². The lowest BCUT2D eigenvalue weighted by Crippen LogP contribution is -2.41. The lowest BCUT2D eigenvalue weighted by molar-refractivity contribution is -0.142. The first-order valence-electron chi connectivity index (χ1n) is 11.3. The molecule has 0 amide bonds. The van der Waals surface area contributed by atoms with Crippen LogP contribution in [0, 0.1) is 5.92 Å². The predicted octanol–water partition coefficient (Wildman–Crippen LogP) is 5.21. The monoisotopic (exact) mass is 479 g/mol. The van der Waals surface area contributed by atoms with Crippen LogP contribution in [0.15, 0.2) is 41.8 Å². The van der Waals surface area contributed by atoms with E-state index in [4.69, 9.17) is 13.7 Å². The molecule has 32 heavy (non-hydrogen) atoms. The first-order valence-corrected chi connectivity index (χ1v) is 13.3. The summed E-state index contributed by atoms with van der Waals surface area (Å²) >= 11 is -0.524. The van der Waals surface area contributed by atoms with Gasteiger partial charge in [0.05, 0.1) is 13.7 Å². The van der Waals surface area contributed by atoms with Crippen LogP contribution in [-0.2, 0) is 27.2 Å². The Kier molecular flexibility index (Phi) is 10.5. The highest BCUT2D eigenvalue weighted by molar-refractivity contribution is 7.78. The van der Waals surface area contributed by atoms with E-state index >= 15 is 0 Å². The average molecular weight is 480 g/mol. The van der Waals surface area contributed by atoms with Crippen LogP contribution >= 0.6 is 11.3 Å². The lowest BCUT2D eigenvalue weighted by atomic mass is 9.86. The summed E-state index contributed by atoms with van der Waals surface area (Å²) in [4.78, 5) is 12.1. The maximum absolute atomic E-state index is 12.2. The number of rotatable bonds is 13. The van der Waals surface area contributed by atoms with Crippen LogP contribution in [0.4, 0.5) is 0 Å². The molecule has 0 radical (unpaired) electrons. The van der Waals surface area contributed by atoms with E-state index in [9.17, 15) is 9.00 Å². The number of hydrogen-bond donors (Lipinski definition) is 1. The van der Waals surface area contributed by atoms with Crippen molar-refractivity contribution in [2.45, 2.75) is 63.8 Å². The van der Waals surface area contributed by atoms with Crippen LogP contribution in [0.3, 0.4) is 0 Å². The van der Waals surface area contributed by atoms with Crippen LogP contribution in [0.5, 0.6) is 10.8 Å². The van der Waals surface area contributed by atoms with Crippen molar-refractivity contribution in [3.05, 3.63) is 47.3 Å². The van der Waals surface area contributed by atoms with Crippen molar-refractivity contribution in [1.29, 1.82) is 0 Å². The maximum atomic E-state index is 12.2. The van der Waals surface area contributed by atoms with E-state index in [-0.39, 0.29) is 0 Å². The fraction of sp³-hybridized carbons (Fsp3) is 0.542. The van der Waals surface area contributed by atoms with Gasteiger partial charge in [-0.05, 0) is 60.4 Å². The molecule has 0 aliphatic heterocycles. The number of unbranched alkanes of at least 4 members (excludes halogenated alkanes) is 1. The van der Waals surface area contributed by atoms with Crippen LogP contribution in [-0.4, -0.2) is 29.9 Å². The van der Waals surface area contributed by atoms with Gasteiger partial charge in [0.25, 0.3) is 11.3 Å². The van der Waals surface area contributed by atoms with Gasteiger partial charge in [-0.25, -0.2) is 0 Å². The zero-order valence-corrected chi connectivity index (χ0v) is 20.3. The SMILES string of the molecule is COC(=O)C(Cc1ccc(OCCCCC2CCCCC2)cc1)NS(=O)Oc1cccs1. The molecule has 6 nitrogen and oxygen atoms in total. The molecule has 3 rings (SSSR count). The van der Waals surface area contributed by atoms with Crippen molar-refractivity contribution < 1.29 is 22.7 Å². The summed E-state index contributed by atoms with van der Waals surface area (Å²) in [6.07, 6.45) is 11.0. The number of carbonyl (C=O) groups excluding carboxylic acids is 1. The number of carbonyl (C=O) groups is 1. The van der Waals surface area contributed by atoms with E-state index in [1.54, 1.807) is 12.1 Å². The molecular formula is C24H33NO5S2. The van der Waals surface area contributed by atoms with Gasteiger partial charge in [-0.3, -0.25) is 4.79 Å². The molecule has 1 N–H and O–H groups in total. The van der Waals surface area contributed by atoms with Gasteiger partial charge in [-0.15, -0.1) is 11.3 Å². The van der Waals surface area contributed by atoms with Gasteiger partial charge >= 0.3 is 5.97 Å². The summed E-state index contributed by atoms with van der Waals surface area (Å²) in [5, 5.41) is 2.34. The normalized spacial score (nSPS) is 16.3. The van der Waals surface area contributed by atoms with Crippen molar-refractivity contribution in [3.63, 3.8) is 0 Å². The third kappa shape index (κ3) is 8.56. The fourth-order valence-corrected chi connectivity index (χ4v) is 5.46. The second-order valence-electron chi connectivity index (χ2n) is 8.14. The van der Waals surface area contributed by atoms with Gasteiger partial charge in [-0.1, -0.05) is 50.7 Å². The first kappa shape index (κ1) is 24.7. The Morgan fingerprint density at radius 1 is 1.16 bits per heavy atom. The Morgan fingerprint density at radius 3 is 2.62 bits per heavy atom. The van der Waals surface area contributed by atoms with Gasteiger partial charge in [0.15, 0.2) is 5.06 Å². The van der Waals surface area contributed by atoms with Crippen molar-refractivity contribution in [2.24, 2.45) is 5.92 Å². The highest BCUT2D eigenvalue weighted by Gasteiger charge is 2.23. The van der Waals surface area contributed by atoms with Gasteiger partial charge in [-0.2, -0.15) is 8.93 Å². The third-order valence-corrected chi connectivity index (χ3v) is 7.40. The van der Waals surface area contributed by atoms with E-state index in [0.717, 1.165) is 30.3 Å². The largest absolute Gasteiger partial charge is 0.494 e. The van der Waals surface area contributed by atoms with Crippen LogP contribution in [0.2, 0.25) is 0 Å². The minimum absolute atomic E-state index is 0.327. The summed E-state index contributed by atoms with van der Waals surface area (Å²) in [7, 11) is 1.31. The summed E-state index contributed by atoms with van der Waals surface area (Å²) < 4.78 is 30.9. The zero-order valence-electron chi connectivity index (χ0n) is 18.6. The van der Waals surface area contributed by atoms with Gasteiger partial charge < -0.3 is 13.7 Å². The molecule has 2 atom stereocenters. The highest BCUT2D eigenvalue weighted by atomic mass is 32.2. The molecule has 1 fully saturated rings. The lowest BCUT2D eigenvalue weighted by Gasteiger charge is -2.21. The molecule has 0 saturated heterocycles. The summed E-state index contributed by atoms with van der Waals surface area (Å²) in [5.74, 6) is 1.24. The number of hydrogen-bond acceptors (Lipinski definition) is 6. The number of thiophene rings is 1. The molecule has 0 spiro atoms. The number of ether oxygens (including phenoxy) is 2. The quantitative estimate of drug-likeness (QED) is 0.315. The molecule has 1 aliphatic carbocycles. The molecule has 2 aromatic rings. The Labute approximate surface area is 197 Å². The molecule has 0 bridgehead atoms. The number of methoxy groups -OCH3 is 1. The first-order chi connectivity index (χ1) is 15.6. The minimum Gasteiger partial charge on any atom is -0.494 e. The smallest absolute Gasteiger partial charge is 0.324 e. The second-order valence-corrected chi connectivity index (χ2v) is 9.92. The van der Waals surface area contributed by atoms with E-state index in [2.05, 4.69) is 4.72 Å². The van der Waals surface area contributed by atoms with E-state index in [1.165, 1.54) is 63.4 Å².